The fourth-order valence-corrected chi connectivity index (χ4v) is 0.882. The fourth-order valence-electron chi connectivity index (χ4n) is 0.882. The predicted molar refractivity (Wildman–Crippen MR) is 59.4 cm³/mol. The number of nitrogens with zero attached hydrogens (tertiary/aromatic N) is 2. The molecule has 0 aliphatic heterocycles. The lowest BCUT2D eigenvalue weighted by molar-refractivity contribution is 0.0540. The lowest BCUT2D eigenvalue weighted by Crippen LogP contribution is -2.36. The molecular formula is C9H14FN5O2. The van der Waals surface area contributed by atoms with E-state index in [9.17, 15) is 9.18 Å². The number of aromatic nitrogens is 2. The molecule has 0 bridgehead atoms. The largest absolute Gasteiger partial charge is 0.443 e. The SMILES string of the molecule is CC(C)(C)OC(=O)NNc1nc(N)ncc1F. The summed E-state index contributed by atoms with van der Waals surface area (Å²) >= 11 is 0. The molecular weight excluding hydrogens is 229 g/mol. The fraction of sp³-hybridized carbons (Fsp3) is 0.444. The van der Waals surface area contributed by atoms with Crippen molar-refractivity contribution in [2.24, 2.45) is 0 Å². The Balaban J connectivity index is 2.56. The summed E-state index contributed by atoms with van der Waals surface area (Å²) in [5, 5.41) is 0. The van der Waals surface area contributed by atoms with E-state index in [2.05, 4.69) is 20.8 Å². The molecule has 7 nitrogen and oxygen atoms in total. The Morgan fingerprint density at radius 2 is 2.18 bits per heavy atom. The molecule has 17 heavy (non-hydrogen) atoms. The van der Waals surface area contributed by atoms with E-state index in [0.29, 0.717) is 0 Å². The van der Waals surface area contributed by atoms with E-state index in [4.69, 9.17) is 10.5 Å². The van der Waals surface area contributed by atoms with Crippen molar-refractivity contribution < 1.29 is 13.9 Å². The van der Waals surface area contributed by atoms with Crippen LogP contribution in [-0.2, 0) is 4.74 Å². The number of nitrogen functional groups attached to an aromatic ring is 1. The van der Waals surface area contributed by atoms with Gasteiger partial charge in [-0.05, 0) is 20.8 Å². The van der Waals surface area contributed by atoms with Gasteiger partial charge in [0, 0.05) is 0 Å². The number of carbonyl (C=O) groups is 1. The molecule has 4 N–H and O–H groups in total. The summed E-state index contributed by atoms with van der Waals surface area (Å²) in [5.41, 5.74) is 8.99. The quantitative estimate of drug-likeness (QED) is 0.671. The first-order valence-corrected chi connectivity index (χ1v) is 4.81. The van der Waals surface area contributed by atoms with Crippen molar-refractivity contribution >= 4 is 17.9 Å². The van der Waals surface area contributed by atoms with E-state index >= 15 is 0 Å². The van der Waals surface area contributed by atoms with Crippen LogP contribution in [0, 0.1) is 5.82 Å². The molecule has 0 aliphatic rings. The zero-order chi connectivity index (χ0) is 13.1. The van der Waals surface area contributed by atoms with Crippen molar-refractivity contribution in [2.45, 2.75) is 26.4 Å². The molecule has 0 aromatic carbocycles. The van der Waals surface area contributed by atoms with Gasteiger partial charge >= 0.3 is 6.09 Å². The molecule has 94 valence electrons. The van der Waals surface area contributed by atoms with E-state index in [1.165, 1.54) is 0 Å². The zero-order valence-electron chi connectivity index (χ0n) is 9.74. The second-order valence-electron chi connectivity index (χ2n) is 4.18. The van der Waals surface area contributed by atoms with E-state index in [0.717, 1.165) is 6.20 Å². The Morgan fingerprint density at radius 3 is 2.76 bits per heavy atom. The summed E-state index contributed by atoms with van der Waals surface area (Å²) in [7, 11) is 0. The minimum Gasteiger partial charge on any atom is -0.443 e. The molecule has 0 fully saturated rings. The molecule has 0 saturated heterocycles. The number of hydrogen-bond donors (Lipinski definition) is 3. The van der Waals surface area contributed by atoms with Crippen LogP contribution in [-0.4, -0.2) is 21.7 Å². The molecule has 8 heteroatoms. The van der Waals surface area contributed by atoms with E-state index < -0.39 is 17.5 Å². The topological polar surface area (TPSA) is 102 Å². The van der Waals surface area contributed by atoms with Crippen molar-refractivity contribution in [3.05, 3.63) is 12.0 Å². The van der Waals surface area contributed by atoms with Gasteiger partial charge < -0.3 is 10.5 Å². The second kappa shape index (κ2) is 4.81. The summed E-state index contributed by atoms with van der Waals surface area (Å²) in [4.78, 5) is 18.2. The van der Waals surface area contributed by atoms with Crippen molar-refractivity contribution in [3.63, 3.8) is 0 Å². The summed E-state index contributed by atoms with van der Waals surface area (Å²) in [6.07, 6.45) is 0.135. The van der Waals surface area contributed by atoms with Crippen molar-refractivity contribution in [1.29, 1.82) is 0 Å². The number of nitrogens with two attached hydrogens (primary N) is 1. The van der Waals surface area contributed by atoms with Crippen molar-refractivity contribution in [1.82, 2.24) is 15.4 Å². The molecule has 1 rings (SSSR count). The number of nitrogens with one attached hydrogen (secondary N) is 2. The van der Waals surface area contributed by atoms with Crippen LogP contribution in [0.3, 0.4) is 0 Å². The molecule has 0 unspecified atom stereocenters. The number of ether oxygens (including phenoxy) is 1. The smallest absolute Gasteiger partial charge is 0.426 e. The van der Waals surface area contributed by atoms with Crippen LogP contribution < -0.4 is 16.6 Å². The van der Waals surface area contributed by atoms with Gasteiger partial charge in [0.1, 0.15) is 5.60 Å². The number of halogens is 1. The number of carbonyl (C=O) groups excluding carboxylic acids is 1. The zero-order valence-corrected chi connectivity index (χ0v) is 9.74. The molecule has 1 aromatic heterocycles. The van der Waals surface area contributed by atoms with Crippen LogP contribution in [0.25, 0.3) is 0 Å². The second-order valence-corrected chi connectivity index (χ2v) is 4.18. The Morgan fingerprint density at radius 1 is 1.53 bits per heavy atom. The summed E-state index contributed by atoms with van der Waals surface area (Å²) < 4.78 is 18.0. The van der Waals surface area contributed by atoms with E-state index in [1.54, 1.807) is 20.8 Å². The Labute approximate surface area is 97.5 Å². The van der Waals surface area contributed by atoms with Gasteiger partial charge in [0.05, 0.1) is 6.20 Å². The minimum atomic E-state index is -0.755. The molecule has 1 aromatic rings. The van der Waals surface area contributed by atoms with Gasteiger partial charge in [0.2, 0.25) is 5.95 Å². The highest BCUT2D eigenvalue weighted by Gasteiger charge is 2.16. The third-order valence-corrected chi connectivity index (χ3v) is 1.44. The molecule has 1 heterocycles. The molecule has 0 aliphatic carbocycles. The maximum absolute atomic E-state index is 13.1. The van der Waals surface area contributed by atoms with Gasteiger partial charge in [-0.15, -0.1) is 0 Å². The van der Waals surface area contributed by atoms with E-state index in [-0.39, 0.29) is 11.8 Å². The average Bonchev–Trinajstić information content (AvgIpc) is 2.17. The first-order chi connectivity index (χ1) is 7.78. The highest BCUT2D eigenvalue weighted by atomic mass is 19.1. The lowest BCUT2D eigenvalue weighted by Gasteiger charge is -2.19. The minimum absolute atomic E-state index is 0.111. The third kappa shape index (κ3) is 4.49. The van der Waals surface area contributed by atoms with Gasteiger partial charge in [-0.25, -0.2) is 19.6 Å². The highest BCUT2D eigenvalue weighted by molar-refractivity contribution is 5.69. The Hall–Kier alpha value is -2.12. The normalized spacial score (nSPS) is 10.8. The molecule has 0 radical (unpaired) electrons. The third-order valence-electron chi connectivity index (χ3n) is 1.44. The molecule has 0 spiro atoms. The standard InChI is InChI=1S/C9H14FN5O2/c1-9(2,3)17-8(16)15-14-6-5(10)4-12-7(11)13-6/h4H,1-3H3,(H,15,16)(H3,11,12,13,14). The summed E-state index contributed by atoms with van der Waals surface area (Å²) in [6, 6.07) is 0. The summed E-state index contributed by atoms with van der Waals surface area (Å²) in [5.74, 6) is -1.08. The number of hydrogen-bond acceptors (Lipinski definition) is 6. The molecule has 1 amide bonds. The summed E-state index contributed by atoms with van der Waals surface area (Å²) in [6.45, 7) is 5.11. The number of rotatable bonds is 2. The molecule has 0 saturated carbocycles. The monoisotopic (exact) mass is 243 g/mol. The molecule has 0 atom stereocenters. The maximum Gasteiger partial charge on any atom is 0.426 e. The highest BCUT2D eigenvalue weighted by Crippen LogP contribution is 2.09. The van der Waals surface area contributed by atoms with Gasteiger partial charge in [0.25, 0.3) is 0 Å². The number of amides is 1. The van der Waals surface area contributed by atoms with Crippen LogP contribution in [0.4, 0.5) is 21.0 Å². The van der Waals surface area contributed by atoms with Crippen LogP contribution in [0.15, 0.2) is 6.20 Å². The van der Waals surface area contributed by atoms with Crippen molar-refractivity contribution in [2.75, 3.05) is 11.2 Å². The predicted octanol–water partition coefficient (Wildman–Crippen LogP) is 1.05. The van der Waals surface area contributed by atoms with Gasteiger partial charge in [-0.3, -0.25) is 5.43 Å². The first kappa shape index (κ1) is 12.9. The lowest BCUT2D eigenvalue weighted by atomic mass is 10.2. The Bertz CT molecular complexity index is 418. The first-order valence-electron chi connectivity index (χ1n) is 4.81. The van der Waals surface area contributed by atoms with Crippen LogP contribution in [0.2, 0.25) is 0 Å². The van der Waals surface area contributed by atoms with Crippen LogP contribution >= 0.6 is 0 Å². The van der Waals surface area contributed by atoms with Crippen molar-refractivity contribution in [3.8, 4) is 0 Å². The number of hydrazine groups is 1. The van der Waals surface area contributed by atoms with Crippen LogP contribution in [0.1, 0.15) is 20.8 Å². The van der Waals surface area contributed by atoms with Gasteiger partial charge in [0.15, 0.2) is 11.6 Å². The number of anilines is 2. The van der Waals surface area contributed by atoms with Gasteiger partial charge in [-0.2, -0.15) is 4.98 Å². The average molecular weight is 243 g/mol. The van der Waals surface area contributed by atoms with Crippen LogP contribution in [0.5, 0.6) is 0 Å². The Kier molecular flexibility index (Phi) is 3.66. The maximum atomic E-state index is 13.1. The van der Waals surface area contributed by atoms with E-state index in [1.807, 2.05) is 0 Å². The van der Waals surface area contributed by atoms with Gasteiger partial charge in [-0.1, -0.05) is 0 Å².